The molecular formula is C15H13F2N5O. The maximum absolute atomic E-state index is 13.0. The van der Waals surface area contributed by atoms with Crippen LogP contribution in [-0.4, -0.2) is 38.8 Å². The van der Waals surface area contributed by atoms with Gasteiger partial charge in [-0.25, -0.2) is 13.5 Å². The Kier molecular flexibility index (Phi) is 2.78. The molecular weight excluding hydrogens is 304 g/mol. The van der Waals surface area contributed by atoms with E-state index >= 15 is 0 Å². The first kappa shape index (κ1) is 13.9. The van der Waals surface area contributed by atoms with Gasteiger partial charge in [-0.05, 0) is 18.6 Å². The molecule has 0 saturated carbocycles. The molecule has 4 rings (SSSR count). The van der Waals surface area contributed by atoms with Crippen LogP contribution in [0.4, 0.5) is 14.7 Å². The van der Waals surface area contributed by atoms with E-state index < -0.39 is 19.0 Å². The maximum atomic E-state index is 13.0. The summed E-state index contributed by atoms with van der Waals surface area (Å²) in [5.74, 6) is -2.60. The molecule has 0 bridgehead atoms. The largest absolute Gasteiger partial charge is 0.330 e. The van der Waals surface area contributed by atoms with Gasteiger partial charge in [-0.1, -0.05) is 18.2 Å². The van der Waals surface area contributed by atoms with E-state index in [9.17, 15) is 13.6 Å². The average Bonchev–Trinajstić information content (AvgIpc) is 2.89. The first-order valence-corrected chi connectivity index (χ1v) is 7.11. The minimum absolute atomic E-state index is 0.128. The highest BCUT2D eigenvalue weighted by atomic mass is 19.3. The summed E-state index contributed by atoms with van der Waals surface area (Å²) in [6, 6.07) is 7.61. The van der Waals surface area contributed by atoms with Gasteiger partial charge in [-0.2, -0.15) is 4.98 Å². The fourth-order valence-electron chi connectivity index (χ4n) is 2.66. The molecule has 1 aliphatic heterocycles. The van der Waals surface area contributed by atoms with Crippen molar-refractivity contribution < 1.29 is 8.78 Å². The van der Waals surface area contributed by atoms with Crippen molar-refractivity contribution in [2.75, 3.05) is 18.0 Å². The molecule has 6 nitrogen and oxygen atoms in total. The van der Waals surface area contributed by atoms with Crippen molar-refractivity contribution in [3.8, 4) is 5.69 Å². The predicted octanol–water partition coefficient (Wildman–Crippen LogP) is 1.87. The minimum Gasteiger partial charge on any atom is -0.330 e. The lowest BCUT2D eigenvalue weighted by molar-refractivity contribution is -0.0271. The fraction of sp³-hybridized carbons (Fsp3) is 0.267. The summed E-state index contributed by atoms with van der Waals surface area (Å²) in [6.07, 6.45) is 1.60. The molecule has 0 atom stereocenters. The van der Waals surface area contributed by atoms with Crippen LogP contribution in [0.15, 0.2) is 35.3 Å². The number of para-hydroxylation sites is 1. The molecule has 23 heavy (non-hydrogen) atoms. The molecule has 0 spiro atoms. The van der Waals surface area contributed by atoms with Crippen LogP contribution in [0.2, 0.25) is 0 Å². The number of rotatable bonds is 2. The van der Waals surface area contributed by atoms with Gasteiger partial charge in [0.2, 0.25) is 5.95 Å². The lowest BCUT2D eigenvalue weighted by atomic mass is 10.2. The zero-order chi connectivity index (χ0) is 16.2. The summed E-state index contributed by atoms with van der Waals surface area (Å²) in [4.78, 5) is 20.2. The summed E-state index contributed by atoms with van der Waals surface area (Å²) in [7, 11) is 0. The second-order valence-electron chi connectivity index (χ2n) is 5.70. The topological polar surface area (TPSA) is 66.8 Å². The Morgan fingerprint density at radius 2 is 2.00 bits per heavy atom. The van der Waals surface area contributed by atoms with Crippen LogP contribution >= 0.6 is 0 Å². The van der Waals surface area contributed by atoms with Crippen molar-refractivity contribution >= 4 is 17.0 Å². The van der Waals surface area contributed by atoms with Gasteiger partial charge in [0.1, 0.15) is 5.39 Å². The molecule has 3 aromatic rings. The number of aromatic amines is 1. The van der Waals surface area contributed by atoms with Gasteiger partial charge in [-0.3, -0.25) is 9.78 Å². The second kappa shape index (κ2) is 4.61. The van der Waals surface area contributed by atoms with E-state index in [1.54, 1.807) is 10.9 Å². The second-order valence-corrected chi connectivity index (χ2v) is 5.70. The summed E-state index contributed by atoms with van der Waals surface area (Å²) in [5.41, 5.74) is 1.68. The Hall–Kier alpha value is -2.77. The smallest absolute Gasteiger partial charge is 0.282 e. The first-order valence-electron chi connectivity index (χ1n) is 7.11. The average molecular weight is 317 g/mol. The number of hydrogen-bond donors (Lipinski definition) is 1. The molecule has 0 radical (unpaired) electrons. The number of benzene rings is 1. The van der Waals surface area contributed by atoms with E-state index in [4.69, 9.17) is 0 Å². The summed E-state index contributed by atoms with van der Waals surface area (Å²) >= 11 is 0. The lowest BCUT2D eigenvalue weighted by Gasteiger charge is -2.38. The fourth-order valence-corrected chi connectivity index (χ4v) is 2.66. The molecule has 118 valence electrons. The standard InChI is InChI=1S/C15H13F2N5O/c1-9-4-2-3-5-11(9)22-6-10-12(20-22)18-14(19-13(10)23)21-7-15(16,17)8-21/h2-6H,7-8H2,1H3,(H,18,19,20,23). The Morgan fingerprint density at radius 3 is 2.70 bits per heavy atom. The van der Waals surface area contributed by atoms with Crippen LogP contribution in [0.25, 0.3) is 16.7 Å². The third-order valence-electron chi connectivity index (χ3n) is 3.88. The molecule has 8 heteroatoms. The van der Waals surface area contributed by atoms with Crippen molar-refractivity contribution in [3.63, 3.8) is 0 Å². The number of nitrogens with one attached hydrogen (secondary N) is 1. The summed E-state index contributed by atoms with van der Waals surface area (Å²) in [6.45, 7) is 1.05. The number of alkyl halides is 2. The molecule has 3 heterocycles. The molecule has 1 fully saturated rings. The lowest BCUT2D eigenvalue weighted by Crippen LogP contribution is -2.57. The number of aromatic nitrogens is 4. The van der Waals surface area contributed by atoms with Crippen LogP contribution in [-0.2, 0) is 0 Å². The highest BCUT2D eigenvalue weighted by Gasteiger charge is 2.45. The van der Waals surface area contributed by atoms with Crippen molar-refractivity contribution in [1.82, 2.24) is 19.7 Å². The number of fused-ring (bicyclic) bond motifs is 1. The molecule has 2 aromatic heterocycles. The number of aryl methyl sites for hydroxylation is 1. The number of H-pyrrole nitrogens is 1. The van der Waals surface area contributed by atoms with E-state index in [1.165, 1.54) is 4.90 Å². The quantitative estimate of drug-likeness (QED) is 0.783. The third kappa shape index (κ3) is 2.26. The highest BCUT2D eigenvalue weighted by Crippen LogP contribution is 2.29. The van der Waals surface area contributed by atoms with Gasteiger partial charge in [0.15, 0.2) is 5.65 Å². The van der Waals surface area contributed by atoms with Crippen molar-refractivity contribution in [2.45, 2.75) is 12.8 Å². The van der Waals surface area contributed by atoms with Gasteiger partial charge in [-0.15, -0.1) is 5.10 Å². The Morgan fingerprint density at radius 1 is 1.26 bits per heavy atom. The van der Waals surface area contributed by atoms with Crippen LogP contribution < -0.4 is 10.5 Å². The van der Waals surface area contributed by atoms with Crippen molar-refractivity contribution in [1.29, 1.82) is 0 Å². The highest BCUT2D eigenvalue weighted by molar-refractivity contribution is 5.75. The summed E-state index contributed by atoms with van der Waals surface area (Å²) < 4.78 is 27.5. The SMILES string of the molecule is Cc1ccccc1-n1cc2c(=O)[nH]c(N3CC(F)(F)C3)nc2n1. The van der Waals surface area contributed by atoms with Crippen molar-refractivity contribution in [3.05, 3.63) is 46.4 Å². The van der Waals surface area contributed by atoms with E-state index in [1.807, 2.05) is 31.2 Å². The van der Waals surface area contributed by atoms with Gasteiger partial charge in [0.25, 0.3) is 11.5 Å². The Bertz CT molecular complexity index is 954. The van der Waals surface area contributed by atoms with E-state index in [2.05, 4.69) is 15.1 Å². The zero-order valence-corrected chi connectivity index (χ0v) is 12.3. The molecule has 1 saturated heterocycles. The number of halogens is 2. The molecule has 0 unspecified atom stereocenters. The van der Waals surface area contributed by atoms with Crippen LogP contribution in [0.1, 0.15) is 5.56 Å². The zero-order valence-electron chi connectivity index (χ0n) is 12.3. The first-order chi connectivity index (χ1) is 10.9. The molecule has 1 aromatic carbocycles. The van der Waals surface area contributed by atoms with Crippen LogP contribution in [0.5, 0.6) is 0 Å². The third-order valence-corrected chi connectivity index (χ3v) is 3.88. The molecule has 0 amide bonds. The molecule has 1 N–H and O–H groups in total. The van der Waals surface area contributed by atoms with E-state index in [0.29, 0.717) is 5.39 Å². The minimum atomic E-state index is -2.73. The number of anilines is 1. The van der Waals surface area contributed by atoms with Crippen LogP contribution in [0.3, 0.4) is 0 Å². The number of nitrogens with zero attached hydrogens (tertiary/aromatic N) is 4. The van der Waals surface area contributed by atoms with Gasteiger partial charge >= 0.3 is 0 Å². The predicted molar refractivity (Wildman–Crippen MR) is 81.4 cm³/mol. The van der Waals surface area contributed by atoms with Crippen LogP contribution in [0, 0.1) is 6.92 Å². The van der Waals surface area contributed by atoms with Crippen molar-refractivity contribution in [2.24, 2.45) is 0 Å². The van der Waals surface area contributed by atoms with Gasteiger partial charge < -0.3 is 4.90 Å². The Labute approximate surface area is 129 Å². The number of hydrogen-bond acceptors (Lipinski definition) is 4. The van der Waals surface area contributed by atoms with E-state index in [0.717, 1.165) is 11.3 Å². The molecule has 0 aliphatic carbocycles. The monoisotopic (exact) mass is 317 g/mol. The van der Waals surface area contributed by atoms with Gasteiger partial charge in [0, 0.05) is 6.20 Å². The maximum Gasteiger partial charge on any atom is 0.282 e. The van der Waals surface area contributed by atoms with Gasteiger partial charge in [0.05, 0.1) is 18.8 Å². The van der Waals surface area contributed by atoms with E-state index in [-0.39, 0.29) is 17.2 Å². The molecule has 1 aliphatic rings. The normalized spacial score (nSPS) is 16.6. The Balaban J connectivity index is 1.79. The summed E-state index contributed by atoms with van der Waals surface area (Å²) in [5, 5.41) is 4.64.